The molecule has 1 heterocycles. The molecule has 0 radical (unpaired) electrons. The molecule has 7 nitrogen and oxygen atoms in total. The molecule has 0 aliphatic rings. The average Bonchev–Trinajstić information content (AvgIpc) is 3.25. The molecular formula is C25H34IN5O2. The van der Waals surface area contributed by atoms with Crippen LogP contribution in [0.3, 0.4) is 0 Å². The number of rotatable bonds is 11. The van der Waals surface area contributed by atoms with Crippen molar-refractivity contribution in [2.24, 2.45) is 4.99 Å². The number of aliphatic imine (C=N–C) groups is 1. The molecule has 0 bridgehead atoms. The minimum Gasteiger partial charge on any atom is -0.491 e. The molecule has 0 unspecified atom stereocenters. The molecule has 178 valence electrons. The highest BCUT2D eigenvalue weighted by atomic mass is 127. The zero-order valence-corrected chi connectivity index (χ0v) is 21.9. The molecule has 3 aromatic rings. The van der Waals surface area contributed by atoms with Crippen LogP contribution in [0.15, 0.2) is 65.9 Å². The molecule has 0 atom stereocenters. The Bertz CT molecular complexity index is 991. The van der Waals surface area contributed by atoms with Gasteiger partial charge in [0.2, 0.25) is 0 Å². The van der Waals surface area contributed by atoms with Crippen LogP contribution in [0.1, 0.15) is 29.2 Å². The van der Waals surface area contributed by atoms with Crippen molar-refractivity contribution in [1.82, 2.24) is 20.4 Å². The number of halogens is 1. The van der Waals surface area contributed by atoms with Crippen LogP contribution in [0.5, 0.6) is 5.75 Å². The summed E-state index contributed by atoms with van der Waals surface area (Å²) in [7, 11) is 1.77. The summed E-state index contributed by atoms with van der Waals surface area (Å²) in [5.41, 5.74) is 4.56. The molecule has 3 rings (SSSR count). The molecule has 0 saturated heterocycles. The van der Waals surface area contributed by atoms with Crippen LogP contribution in [0.25, 0.3) is 0 Å². The van der Waals surface area contributed by atoms with Gasteiger partial charge in [0, 0.05) is 44.1 Å². The third kappa shape index (κ3) is 9.05. The van der Waals surface area contributed by atoms with Gasteiger partial charge in [-0.1, -0.05) is 42.5 Å². The summed E-state index contributed by atoms with van der Waals surface area (Å²) in [6, 6.07) is 16.5. The lowest BCUT2D eigenvalue weighted by Crippen LogP contribution is -2.36. The molecule has 2 N–H and O–H groups in total. The molecule has 0 fully saturated rings. The minimum absolute atomic E-state index is 0. The van der Waals surface area contributed by atoms with Crippen molar-refractivity contribution < 1.29 is 9.47 Å². The number of benzene rings is 2. The van der Waals surface area contributed by atoms with Crippen LogP contribution in [-0.4, -0.2) is 42.6 Å². The maximum absolute atomic E-state index is 5.93. The Kier molecular flexibility index (Phi) is 11.7. The Labute approximate surface area is 213 Å². The Morgan fingerprint density at radius 1 is 1.03 bits per heavy atom. The van der Waals surface area contributed by atoms with Gasteiger partial charge in [0.25, 0.3) is 0 Å². The summed E-state index contributed by atoms with van der Waals surface area (Å²) >= 11 is 0. The second-order valence-corrected chi connectivity index (χ2v) is 7.47. The Morgan fingerprint density at radius 2 is 1.82 bits per heavy atom. The van der Waals surface area contributed by atoms with Crippen molar-refractivity contribution in [1.29, 1.82) is 0 Å². The van der Waals surface area contributed by atoms with E-state index >= 15 is 0 Å². The number of nitrogens with one attached hydrogen (secondary N) is 2. The van der Waals surface area contributed by atoms with E-state index in [4.69, 9.17) is 9.47 Å². The van der Waals surface area contributed by atoms with Gasteiger partial charge in [-0.25, -0.2) is 0 Å². The summed E-state index contributed by atoms with van der Waals surface area (Å²) in [5, 5.41) is 11.2. The molecular weight excluding hydrogens is 529 g/mol. The predicted molar refractivity (Wildman–Crippen MR) is 143 cm³/mol. The molecule has 0 spiro atoms. The maximum atomic E-state index is 5.93. The summed E-state index contributed by atoms with van der Waals surface area (Å²) < 4.78 is 13.2. The lowest BCUT2D eigenvalue weighted by Gasteiger charge is -2.15. The highest BCUT2D eigenvalue weighted by molar-refractivity contribution is 14.0. The summed E-state index contributed by atoms with van der Waals surface area (Å²) in [4.78, 5) is 4.33. The Hall–Kier alpha value is -2.59. The van der Waals surface area contributed by atoms with E-state index in [9.17, 15) is 0 Å². The van der Waals surface area contributed by atoms with Crippen LogP contribution < -0.4 is 15.4 Å². The molecule has 33 heavy (non-hydrogen) atoms. The quantitative estimate of drug-likeness (QED) is 0.159. The number of hydrogen-bond acceptors (Lipinski definition) is 4. The van der Waals surface area contributed by atoms with Gasteiger partial charge in [-0.2, -0.15) is 5.10 Å². The fraction of sp³-hybridized carbons (Fsp3) is 0.360. The highest BCUT2D eigenvalue weighted by Gasteiger charge is 2.07. The van der Waals surface area contributed by atoms with Gasteiger partial charge in [-0.15, -0.1) is 24.0 Å². The molecule has 8 heteroatoms. The SMILES string of the molecule is CCOCCOc1cc(C)ccc1CNC(=NC)NCc1cnn(Cc2ccccc2)c1.I. The second-order valence-electron chi connectivity index (χ2n) is 7.47. The van der Waals surface area contributed by atoms with Crippen LogP contribution >= 0.6 is 24.0 Å². The third-order valence-electron chi connectivity index (χ3n) is 4.92. The normalized spacial score (nSPS) is 11.1. The van der Waals surface area contributed by atoms with E-state index in [1.165, 1.54) is 5.56 Å². The van der Waals surface area contributed by atoms with Crippen LogP contribution in [0.4, 0.5) is 0 Å². The van der Waals surface area contributed by atoms with E-state index in [1.54, 1.807) is 7.05 Å². The lowest BCUT2D eigenvalue weighted by atomic mass is 10.1. The largest absolute Gasteiger partial charge is 0.491 e. The Balaban J connectivity index is 0.00000385. The highest BCUT2D eigenvalue weighted by Crippen LogP contribution is 2.20. The smallest absolute Gasteiger partial charge is 0.191 e. The molecule has 0 aliphatic heterocycles. The molecule has 0 saturated carbocycles. The molecule has 0 aliphatic carbocycles. The standard InChI is InChI=1S/C25H33N5O2.HI/c1-4-31-12-13-32-24-14-20(2)10-11-23(24)17-28-25(26-3)27-15-22-16-29-30(19-22)18-21-8-6-5-7-9-21;/h5-11,14,16,19H,4,12-13,15,17-18H2,1-3H3,(H2,26,27,28);1H. The van der Waals surface area contributed by atoms with E-state index in [2.05, 4.69) is 64.2 Å². The van der Waals surface area contributed by atoms with Gasteiger partial charge in [-0.05, 0) is 31.0 Å². The maximum Gasteiger partial charge on any atom is 0.191 e. The summed E-state index contributed by atoms with van der Waals surface area (Å²) in [6.07, 6.45) is 3.94. The van der Waals surface area contributed by atoms with Gasteiger partial charge in [0.1, 0.15) is 12.4 Å². The Morgan fingerprint density at radius 3 is 2.58 bits per heavy atom. The summed E-state index contributed by atoms with van der Waals surface area (Å²) in [5.74, 6) is 1.59. The lowest BCUT2D eigenvalue weighted by molar-refractivity contribution is 0.110. The summed E-state index contributed by atoms with van der Waals surface area (Å²) in [6.45, 7) is 7.85. The molecule has 1 aromatic heterocycles. The number of guanidine groups is 1. The van der Waals surface area contributed by atoms with Crippen molar-refractivity contribution in [3.05, 3.63) is 83.2 Å². The van der Waals surface area contributed by atoms with E-state index in [1.807, 2.05) is 36.0 Å². The van der Waals surface area contributed by atoms with Crippen molar-refractivity contribution in [2.75, 3.05) is 26.9 Å². The van der Waals surface area contributed by atoms with E-state index < -0.39 is 0 Å². The van der Waals surface area contributed by atoms with Gasteiger partial charge < -0.3 is 20.1 Å². The van der Waals surface area contributed by atoms with E-state index in [0.29, 0.717) is 32.9 Å². The fourth-order valence-electron chi connectivity index (χ4n) is 3.24. The first-order valence-electron chi connectivity index (χ1n) is 11.0. The van der Waals surface area contributed by atoms with Crippen molar-refractivity contribution in [2.45, 2.75) is 33.5 Å². The first kappa shape index (κ1) is 26.7. The average molecular weight is 563 g/mol. The van der Waals surface area contributed by atoms with Gasteiger partial charge in [-0.3, -0.25) is 9.67 Å². The predicted octanol–water partition coefficient (Wildman–Crippen LogP) is 4.14. The first-order chi connectivity index (χ1) is 15.7. The van der Waals surface area contributed by atoms with Gasteiger partial charge in [0.15, 0.2) is 5.96 Å². The number of ether oxygens (including phenoxy) is 2. The monoisotopic (exact) mass is 563 g/mol. The van der Waals surface area contributed by atoms with Gasteiger partial charge in [0.05, 0.1) is 19.3 Å². The number of hydrogen-bond donors (Lipinski definition) is 2. The molecule has 0 amide bonds. The van der Waals surface area contributed by atoms with E-state index in [-0.39, 0.29) is 24.0 Å². The number of aromatic nitrogens is 2. The minimum atomic E-state index is 0. The van der Waals surface area contributed by atoms with E-state index in [0.717, 1.165) is 34.9 Å². The topological polar surface area (TPSA) is 72.7 Å². The fourth-order valence-corrected chi connectivity index (χ4v) is 3.24. The van der Waals surface area contributed by atoms with Crippen molar-refractivity contribution in [3.8, 4) is 5.75 Å². The first-order valence-corrected chi connectivity index (χ1v) is 11.0. The molecule has 2 aromatic carbocycles. The number of nitrogens with zero attached hydrogens (tertiary/aromatic N) is 3. The number of aryl methyl sites for hydroxylation is 1. The zero-order valence-electron chi connectivity index (χ0n) is 19.6. The van der Waals surface area contributed by atoms with Crippen LogP contribution in [0, 0.1) is 6.92 Å². The van der Waals surface area contributed by atoms with Crippen LogP contribution in [0.2, 0.25) is 0 Å². The van der Waals surface area contributed by atoms with Crippen molar-refractivity contribution >= 4 is 29.9 Å². The van der Waals surface area contributed by atoms with Gasteiger partial charge >= 0.3 is 0 Å². The zero-order chi connectivity index (χ0) is 22.6. The van der Waals surface area contributed by atoms with Crippen LogP contribution in [-0.2, 0) is 24.4 Å². The third-order valence-corrected chi connectivity index (χ3v) is 4.92. The second kappa shape index (κ2) is 14.5. The van der Waals surface area contributed by atoms with Crippen molar-refractivity contribution in [3.63, 3.8) is 0 Å².